The highest BCUT2D eigenvalue weighted by Crippen LogP contribution is 2.15. The van der Waals surface area contributed by atoms with Crippen LogP contribution in [0.25, 0.3) is 0 Å². The summed E-state index contributed by atoms with van der Waals surface area (Å²) in [5.74, 6) is 0. The Hall–Kier alpha value is -0.160. The number of rotatable bonds is 6. The fourth-order valence-electron chi connectivity index (χ4n) is 2.06. The first-order valence-electron chi connectivity index (χ1n) is 5.82. The average Bonchev–Trinajstić information content (AvgIpc) is 2.27. The fourth-order valence-corrected chi connectivity index (χ4v) is 2.06. The quantitative estimate of drug-likeness (QED) is 0.701. The summed E-state index contributed by atoms with van der Waals surface area (Å²) in [7, 11) is 1.76. The Morgan fingerprint density at radius 1 is 1.40 bits per heavy atom. The lowest BCUT2D eigenvalue weighted by atomic mass is 10.1. The van der Waals surface area contributed by atoms with Crippen molar-refractivity contribution >= 4 is 0 Å². The van der Waals surface area contributed by atoms with Crippen LogP contribution < -0.4 is 5.73 Å². The van der Waals surface area contributed by atoms with Gasteiger partial charge in [0.25, 0.3) is 0 Å². The predicted octanol–water partition coefficient (Wildman–Crippen LogP) is 0.461. The maximum absolute atomic E-state index is 5.64. The third kappa shape index (κ3) is 4.47. The lowest BCUT2D eigenvalue weighted by Crippen LogP contribution is -2.44. The first kappa shape index (κ1) is 12.9. The van der Waals surface area contributed by atoms with Gasteiger partial charge in [-0.05, 0) is 19.8 Å². The van der Waals surface area contributed by atoms with Gasteiger partial charge in [-0.2, -0.15) is 0 Å². The van der Waals surface area contributed by atoms with Crippen LogP contribution in [0.3, 0.4) is 0 Å². The van der Waals surface area contributed by atoms with E-state index in [4.69, 9.17) is 15.2 Å². The summed E-state index contributed by atoms with van der Waals surface area (Å²) in [4.78, 5) is 2.46. The molecule has 1 atom stereocenters. The summed E-state index contributed by atoms with van der Waals surface area (Å²) in [6, 6.07) is 0.519. The van der Waals surface area contributed by atoms with Crippen molar-refractivity contribution in [3.8, 4) is 0 Å². The van der Waals surface area contributed by atoms with Crippen molar-refractivity contribution in [3.63, 3.8) is 0 Å². The van der Waals surface area contributed by atoms with Crippen molar-refractivity contribution in [2.24, 2.45) is 5.73 Å². The van der Waals surface area contributed by atoms with Crippen LogP contribution in [0.4, 0.5) is 0 Å². The number of ether oxygens (including phenoxy) is 2. The molecule has 0 spiro atoms. The summed E-state index contributed by atoms with van der Waals surface area (Å²) in [6.45, 7) is 6.57. The fraction of sp³-hybridized carbons (Fsp3) is 1.00. The second-order valence-corrected chi connectivity index (χ2v) is 4.20. The zero-order valence-electron chi connectivity index (χ0n) is 9.95. The molecule has 0 bridgehead atoms. The van der Waals surface area contributed by atoms with Gasteiger partial charge in [-0.25, -0.2) is 0 Å². The number of methoxy groups -OCH3 is 1. The van der Waals surface area contributed by atoms with Crippen LogP contribution in [0, 0.1) is 0 Å². The van der Waals surface area contributed by atoms with Crippen molar-refractivity contribution < 1.29 is 9.47 Å². The molecule has 1 fully saturated rings. The average molecular weight is 216 g/mol. The molecular weight excluding hydrogens is 192 g/mol. The number of nitrogens with two attached hydrogens (primary N) is 1. The van der Waals surface area contributed by atoms with Crippen molar-refractivity contribution in [3.05, 3.63) is 0 Å². The summed E-state index contributed by atoms with van der Waals surface area (Å²) in [5, 5.41) is 0. The van der Waals surface area contributed by atoms with Gasteiger partial charge in [-0.15, -0.1) is 0 Å². The van der Waals surface area contributed by atoms with Crippen LogP contribution in [-0.2, 0) is 9.47 Å². The summed E-state index contributed by atoms with van der Waals surface area (Å²) >= 11 is 0. The molecule has 0 amide bonds. The smallest absolute Gasteiger partial charge is 0.0615 e. The van der Waals surface area contributed by atoms with E-state index in [9.17, 15) is 0 Å². The standard InChI is InChI=1S/C11H24N2O2/c1-10(9-14-2)13-6-3-11(4-7-13)15-8-5-12/h10-11H,3-9,12H2,1-2H3. The molecule has 1 heterocycles. The zero-order valence-corrected chi connectivity index (χ0v) is 9.95. The molecule has 0 aliphatic carbocycles. The van der Waals surface area contributed by atoms with Gasteiger partial charge >= 0.3 is 0 Å². The molecule has 1 unspecified atom stereocenters. The lowest BCUT2D eigenvalue weighted by molar-refractivity contribution is -0.00602. The van der Waals surface area contributed by atoms with Gasteiger partial charge in [0.15, 0.2) is 0 Å². The Labute approximate surface area is 92.7 Å². The second-order valence-electron chi connectivity index (χ2n) is 4.20. The van der Waals surface area contributed by atoms with Crippen LogP contribution in [0.5, 0.6) is 0 Å². The molecule has 2 N–H and O–H groups in total. The molecule has 4 nitrogen and oxygen atoms in total. The van der Waals surface area contributed by atoms with Gasteiger partial charge in [-0.1, -0.05) is 0 Å². The maximum atomic E-state index is 5.64. The largest absolute Gasteiger partial charge is 0.383 e. The van der Waals surface area contributed by atoms with Gasteiger partial charge in [0.05, 0.1) is 19.3 Å². The Balaban J connectivity index is 2.17. The third-order valence-corrected chi connectivity index (χ3v) is 2.98. The Morgan fingerprint density at radius 2 is 2.07 bits per heavy atom. The van der Waals surface area contributed by atoms with Crippen LogP contribution in [0.1, 0.15) is 19.8 Å². The van der Waals surface area contributed by atoms with Crippen molar-refractivity contribution in [2.45, 2.75) is 31.9 Å². The Bertz CT molecular complexity index is 159. The monoisotopic (exact) mass is 216 g/mol. The predicted molar refractivity (Wildman–Crippen MR) is 60.9 cm³/mol. The van der Waals surface area contributed by atoms with Crippen LogP contribution in [0.15, 0.2) is 0 Å². The Morgan fingerprint density at radius 3 is 2.60 bits per heavy atom. The highest BCUT2D eigenvalue weighted by molar-refractivity contribution is 4.76. The van der Waals surface area contributed by atoms with E-state index < -0.39 is 0 Å². The molecule has 0 radical (unpaired) electrons. The van der Waals surface area contributed by atoms with Gasteiger partial charge in [0, 0.05) is 32.8 Å². The molecular formula is C11H24N2O2. The molecule has 0 aromatic carbocycles. The van der Waals surface area contributed by atoms with Crippen LogP contribution in [0.2, 0.25) is 0 Å². The minimum atomic E-state index is 0.416. The van der Waals surface area contributed by atoms with Gasteiger partial charge in [0.2, 0.25) is 0 Å². The van der Waals surface area contributed by atoms with E-state index in [1.807, 2.05) is 0 Å². The van der Waals surface area contributed by atoms with E-state index >= 15 is 0 Å². The van der Waals surface area contributed by atoms with Crippen molar-refractivity contribution in [2.75, 3.05) is 40.0 Å². The van der Waals surface area contributed by atoms with E-state index in [1.54, 1.807) is 7.11 Å². The summed E-state index contributed by atoms with van der Waals surface area (Å²) < 4.78 is 10.8. The number of piperidine rings is 1. The van der Waals surface area contributed by atoms with Gasteiger partial charge < -0.3 is 15.2 Å². The summed E-state index contributed by atoms with van der Waals surface area (Å²) in [6.07, 6.45) is 2.65. The molecule has 0 aromatic rings. The molecule has 0 aromatic heterocycles. The SMILES string of the molecule is COCC(C)N1CCC(OCCN)CC1. The number of hydrogen-bond acceptors (Lipinski definition) is 4. The van der Waals surface area contributed by atoms with Gasteiger partial charge in [0.1, 0.15) is 0 Å². The normalized spacial score (nSPS) is 21.8. The van der Waals surface area contributed by atoms with E-state index in [0.717, 1.165) is 32.5 Å². The molecule has 1 rings (SSSR count). The van der Waals surface area contributed by atoms with E-state index in [-0.39, 0.29) is 0 Å². The zero-order chi connectivity index (χ0) is 11.1. The molecule has 0 saturated carbocycles. The molecule has 1 aliphatic heterocycles. The topological polar surface area (TPSA) is 47.7 Å². The minimum Gasteiger partial charge on any atom is -0.383 e. The van der Waals surface area contributed by atoms with Crippen LogP contribution >= 0.6 is 0 Å². The molecule has 1 saturated heterocycles. The van der Waals surface area contributed by atoms with Gasteiger partial charge in [-0.3, -0.25) is 4.90 Å². The van der Waals surface area contributed by atoms with E-state index in [0.29, 0.717) is 25.3 Å². The second kappa shape index (κ2) is 7.17. The maximum Gasteiger partial charge on any atom is 0.0615 e. The minimum absolute atomic E-state index is 0.416. The first-order chi connectivity index (χ1) is 7.27. The molecule has 4 heteroatoms. The van der Waals surface area contributed by atoms with E-state index in [2.05, 4.69) is 11.8 Å². The molecule has 1 aliphatic rings. The third-order valence-electron chi connectivity index (χ3n) is 2.98. The number of likely N-dealkylation sites (tertiary alicyclic amines) is 1. The lowest BCUT2D eigenvalue weighted by Gasteiger charge is -2.35. The van der Waals surface area contributed by atoms with Crippen LogP contribution in [-0.4, -0.2) is 57.0 Å². The number of hydrogen-bond donors (Lipinski definition) is 1. The van der Waals surface area contributed by atoms with Crippen molar-refractivity contribution in [1.82, 2.24) is 4.90 Å². The first-order valence-corrected chi connectivity index (χ1v) is 5.82. The highest BCUT2D eigenvalue weighted by atomic mass is 16.5. The van der Waals surface area contributed by atoms with E-state index in [1.165, 1.54) is 0 Å². The highest BCUT2D eigenvalue weighted by Gasteiger charge is 2.22. The molecule has 90 valence electrons. The Kier molecular flexibility index (Phi) is 6.17. The summed E-state index contributed by atoms with van der Waals surface area (Å²) in [5.41, 5.74) is 5.41. The number of nitrogens with zero attached hydrogens (tertiary/aromatic N) is 1. The van der Waals surface area contributed by atoms with Crippen molar-refractivity contribution in [1.29, 1.82) is 0 Å². The molecule has 15 heavy (non-hydrogen) atoms.